The summed E-state index contributed by atoms with van der Waals surface area (Å²) in [5, 5.41) is 0. The van der Waals surface area contributed by atoms with Crippen molar-refractivity contribution in [2.24, 2.45) is 11.8 Å². The summed E-state index contributed by atoms with van der Waals surface area (Å²) in [7, 11) is 0. The molecule has 0 saturated carbocycles. The fourth-order valence-electron chi connectivity index (χ4n) is 1.66. The van der Waals surface area contributed by atoms with Crippen LogP contribution in [0.4, 0.5) is 0 Å². The summed E-state index contributed by atoms with van der Waals surface area (Å²) in [6.07, 6.45) is 0. The van der Waals surface area contributed by atoms with E-state index in [0.717, 1.165) is 0 Å². The van der Waals surface area contributed by atoms with Gasteiger partial charge in [-0.3, -0.25) is 19.3 Å². The molecule has 1 fully saturated rings. The number of ether oxygens (including phenoxy) is 1. The van der Waals surface area contributed by atoms with Crippen LogP contribution in [0.5, 0.6) is 0 Å². The molecule has 1 aliphatic rings. The summed E-state index contributed by atoms with van der Waals surface area (Å²) in [6, 6.07) is -0.386. The van der Waals surface area contributed by atoms with Crippen LogP contribution < -0.4 is 0 Å². The number of rotatable bonds is 4. The molecule has 1 saturated heterocycles. The van der Waals surface area contributed by atoms with E-state index in [-0.39, 0.29) is 36.3 Å². The summed E-state index contributed by atoms with van der Waals surface area (Å²) in [5.74, 6) is -0.934. The topological polar surface area (TPSA) is 63.7 Å². The highest BCUT2D eigenvalue weighted by Crippen LogP contribution is 2.26. The maximum absolute atomic E-state index is 11.7. The standard InChI is InChI=1S/C10H15NO4/c1-6(4-15-5-12)11-9(13)7(2)8(3)10(11)14/h5-8H,4H2,1-3H3/t6-,7-,8+/m0/s1. The van der Waals surface area contributed by atoms with Crippen LogP contribution >= 0.6 is 0 Å². The number of imide groups is 1. The Hall–Kier alpha value is -1.39. The maximum atomic E-state index is 11.7. The van der Waals surface area contributed by atoms with Crippen molar-refractivity contribution in [2.45, 2.75) is 26.8 Å². The zero-order valence-corrected chi connectivity index (χ0v) is 9.10. The first-order valence-electron chi connectivity index (χ1n) is 4.92. The second kappa shape index (κ2) is 4.42. The van der Waals surface area contributed by atoms with Gasteiger partial charge in [0.25, 0.3) is 6.47 Å². The molecule has 0 radical (unpaired) electrons. The van der Waals surface area contributed by atoms with Crippen molar-refractivity contribution in [1.82, 2.24) is 4.90 Å². The monoisotopic (exact) mass is 213 g/mol. The van der Waals surface area contributed by atoms with Crippen molar-refractivity contribution in [2.75, 3.05) is 6.61 Å². The van der Waals surface area contributed by atoms with E-state index in [4.69, 9.17) is 0 Å². The predicted octanol–water partition coefficient (Wildman–Crippen LogP) is 0.189. The number of hydrogen-bond acceptors (Lipinski definition) is 4. The molecule has 1 heterocycles. The maximum Gasteiger partial charge on any atom is 0.293 e. The van der Waals surface area contributed by atoms with Crippen LogP contribution in [0.25, 0.3) is 0 Å². The molecule has 0 aromatic heterocycles. The lowest BCUT2D eigenvalue weighted by Crippen LogP contribution is -2.41. The van der Waals surface area contributed by atoms with Crippen LogP contribution in [0.15, 0.2) is 0 Å². The van der Waals surface area contributed by atoms with Crippen LogP contribution in [-0.4, -0.2) is 35.8 Å². The lowest BCUT2D eigenvalue weighted by molar-refractivity contribution is -0.146. The minimum atomic E-state index is -0.386. The van der Waals surface area contributed by atoms with Gasteiger partial charge in [-0.2, -0.15) is 0 Å². The molecule has 2 amide bonds. The molecular formula is C10H15NO4. The molecule has 1 aliphatic heterocycles. The molecular weight excluding hydrogens is 198 g/mol. The predicted molar refractivity (Wildman–Crippen MR) is 51.7 cm³/mol. The molecule has 0 aliphatic carbocycles. The number of carbonyl (C=O) groups excluding carboxylic acids is 3. The molecule has 0 bridgehead atoms. The van der Waals surface area contributed by atoms with E-state index in [2.05, 4.69) is 4.74 Å². The third-order valence-corrected chi connectivity index (χ3v) is 2.85. The van der Waals surface area contributed by atoms with E-state index in [1.54, 1.807) is 20.8 Å². The number of carbonyl (C=O) groups is 3. The first-order valence-corrected chi connectivity index (χ1v) is 4.92. The van der Waals surface area contributed by atoms with Gasteiger partial charge in [0.1, 0.15) is 6.61 Å². The molecule has 5 heteroatoms. The third-order valence-electron chi connectivity index (χ3n) is 2.85. The zero-order chi connectivity index (χ0) is 11.6. The summed E-state index contributed by atoms with van der Waals surface area (Å²) in [6.45, 7) is 5.52. The zero-order valence-electron chi connectivity index (χ0n) is 9.10. The van der Waals surface area contributed by atoms with E-state index >= 15 is 0 Å². The van der Waals surface area contributed by atoms with Crippen molar-refractivity contribution in [3.8, 4) is 0 Å². The Morgan fingerprint density at radius 2 is 1.80 bits per heavy atom. The van der Waals surface area contributed by atoms with E-state index in [9.17, 15) is 14.4 Å². The van der Waals surface area contributed by atoms with Crippen LogP contribution in [0, 0.1) is 11.8 Å². The van der Waals surface area contributed by atoms with Gasteiger partial charge in [-0.25, -0.2) is 0 Å². The normalized spacial score (nSPS) is 28.1. The van der Waals surface area contributed by atoms with Gasteiger partial charge >= 0.3 is 0 Å². The van der Waals surface area contributed by atoms with E-state index in [1.165, 1.54) is 4.90 Å². The third kappa shape index (κ3) is 2.00. The Balaban J connectivity index is 2.73. The Bertz CT molecular complexity index is 269. The van der Waals surface area contributed by atoms with Crippen molar-refractivity contribution in [3.05, 3.63) is 0 Å². The lowest BCUT2D eigenvalue weighted by atomic mass is 10.00. The Kier molecular flexibility index (Phi) is 3.44. The highest BCUT2D eigenvalue weighted by molar-refractivity contribution is 6.05. The molecule has 1 rings (SSSR count). The molecule has 84 valence electrons. The molecule has 0 aromatic rings. The lowest BCUT2D eigenvalue weighted by Gasteiger charge is -2.21. The molecule has 5 nitrogen and oxygen atoms in total. The number of nitrogens with zero attached hydrogens (tertiary/aromatic N) is 1. The van der Waals surface area contributed by atoms with Crippen molar-refractivity contribution in [3.63, 3.8) is 0 Å². The Labute approximate surface area is 88.4 Å². The van der Waals surface area contributed by atoms with Gasteiger partial charge in [0.15, 0.2) is 0 Å². The van der Waals surface area contributed by atoms with Gasteiger partial charge in [0.2, 0.25) is 11.8 Å². The van der Waals surface area contributed by atoms with Crippen molar-refractivity contribution >= 4 is 18.3 Å². The first-order chi connectivity index (χ1) is 7.00. The fourth-order valence-corrected chi connectivity index (χ4v) is 1.66. The summed E-state index contributed by atoms with van der Waals surface area (Å²) in [4.78, 5) is 34.6. The largest absolute Gasteiger partial charge is 0.466 e. The van der Waals surface area contributed by atoms with Crippen LogP contribution in [0.3, 0.4) is 0 Å². The summed E-state index contributed by atoms with van der Waals surface area (Å²) in [5.41, 5.74) is 0. The van der Waals surface area contributed by atoms with Gasteiger partial charge in [-0.05, 0) is 6.92 Å². The van der Waals surface area contributed by atoms with Crippen molar-refractivity contribution < 1.29 is 19.1 Å². The molecule has 0 aromatic carbocycles. The first kappa shape index (κ1) is 11.7. The smallest absolute Gasteiger partial charge is 0.293 e. The van der Waals surface area contributed by atoms with Crippen molar-refractivity contribution in [1.29, 1.82) is 0 Å². The van der Waals surface area contributed by atoms with Gasteiger partial charge in [-0.1, -0.05) is 13.8 Å². The van der Waals surface area contributed by atoms with Crippen LogP contribution in [0.2, 0.25) is 0 Å². The Morgan fingerprint density at radius 1 is 1.33 bits per heavy atom. The number of amides is 2. The average Bonchev–Trinajstić information content (AvgIpc) is 2.40. The average molecular weight is 213 g/mol. The van der Waals surface area contributed by atoms with Gasteiger partial charge in [-0.15, -0.1) is 0 Å². The van der Waals surface area contributed by atoms with E-state index in [0.29, 0.717) is 6.47 Å². The molecule has 15 heavy (non-hydrogen) atoms. The molecule has 0 spiro atoms. The summed E-state index contributed by atoms with van der Waals surface area (Å²) < 4.78 is 4.55. The molecule has 0 unspecified atom stereocenters. The highest BCUT2D eigenvalue weighted by Gasteiger charge is 2.44. The highest BCUT2D eigenvalue weighted by atomic mass is 16.5. The van der Waals surface area contributed by atoms with E-state index < -0.39 is 0 Å². The second-order valence-electron chi connectivity index (χ2n) is 3.90. The van der Waals surface area contributed by atoms with Gasteiger partial charge in [0, 0.05) is 11.8 Å². The van der Waals surface area contributed by atoms with Crippen LogP contribution in [0.1, 0.15) is 20.8 Å². The van der Waals surface area contributed by atoms with Gasteiger partial charge in [0.05, 0.1) is 6.04 Å². The second-order valence-corrected chi connectivity index (χ2v) is 3.90. The van der Waals surface area contributed by atoms with Crippen LogP contribution in [-0.2, 0) is 19.1 Å². The number of hydrogen-bond donors (Lipinski definition) is 0. The Morgan fingerprint density at radius 3 is 2.20 bits per heavy atom. The molecule has 3 atom stereocenters. The number of likely N-dealkylation sites (tertiary alicyclic amines) is 1. The quantitative estimate of drug-likeness (QED) is 0.494. The fraction of sp³-hybridized carbons (Fsp3) is 0.700. The van der Waals surface area contributed by atoms with Gasteiger partial charge < -0.3 is 4.74 Å². The molecule has 0 N–H and O–H groups in total. The summed E-state index contributed by atoms with van der Waals surface area (Å²) >= 11 is 0. The minimum Gasteiger partial charge on any atom is -0.466 e. The van der Waals surface area contributed by atoms with E-state index in [1.807, 2.05) is 0 Å². The minimum absolute atomic E-state index is 0.0560. The SMILES string of the molecule is C[C@@H]1C(=O)N([C@@H](C)COC=O)C(=O)[C@@H]1C.